The third kappa shape index (κ3) is 3.18. The van der Waals surface area contributed by atoms with Gasteiger partial charge in [-0.3, -0.25) is 4.79 Å². The van der Waals surface area contributed by atoms with Crippen molar-refractivity contribution in [2.45, 2.75) is 0 Å². The van der Waals surface area contributed by atoms with E-state index in [1.54, 1.807) is 6.07 Å². The number of carbonyl (C=O) groups excluding carboxylic acids is 1. The molecule has 19 heavy (non-hydrogen) atoms. The molecule has 1 aromatic carbocycles. The third-order valence-electron chi connectivity index (χ3n) is 2.32. The number of nitrogens with one attached hydrogen (secondary N) is 2. The smallest absolute Gasteiger partial charge is 0.257 e. The third-order valence-corrected chi connectivity index (χ3v) is 2.61. The maximum Gasteiger partial charge on any atom is 0.257 e. The molecule has 1 aromatic heterocycles. The Bertz CT molecular complexity index is 620. The van der Waals surface area contributed by atoms with E-state index in [2.05, 4.69) is 15.7 Å². The summed E-state index contributed by atoms with van der Waals surface area (Å²) in [5, 5.41) is 2.75. The van der Waals surface area contributed by atoms with Crippen LogP contribution in [0.3, 0.4) is 0 Å². The Morgan fingerprint density at radius 2 is 2.16 bits per heavy atom. The first-order valence-electron chi connectivity index (χ1n) is 5.29. The van der Waals surface area contributed by atoms with Crippen LogP contribution in [0.4, 0.5) is 15.9 Å². The molecule has 98 valence electrons. The number of aromatic nitrogens is 1. The van der Waals surface area contributed by atoms with Crippen LogP contribution in [0.25, 0.3) is 0 Å². The van der Waals surface area contributed by atoms with Crippen LogP contribution >= 0.6 is 11.6 Å². The molecule has 0 unspecified atom stereocenters. The average molecular weight is 281 g/mol. The molecule has 2 rings (SSSR count). The van der Waals surface area contributed by atoms with Crippen LogP contribution < -0.4 is 16.6 Å². The quantitative estimate of drug-likeness (QED) is 0.596. The van der Waals surface area contributed by atoms with Gasteiger partial charge in [0, 0.05) is 11.9 Å². The molecule has 0 radical (unpaired) electrons. The van der Waals surface area contributed by atoms with Gasteiger partial charge in [-0.25, -0.2) is 15.2 Å². The molecule has 0 aliphatic heterocycles. The number of nitrogen functional groups attached to an aromatic ring is 1. The van der Waals surface area contributed by atoms with E-state index in [9.17, 15) is 9.18 Å². The molecule has 1 heterocycles. The minimum absolute atomic E-state index is 0.217. The van der Waals surface area contributed by atoms with E-state index >= 15 is 0 Å². The number of nitrogens with zero attached hydrogens (tertiary/aromatic N) is 1. The Morgan fingerprint density at radius 3 is 2.79 bits per heavy atom. The molecule has 0 saturated heterocycles. The molecule has 0 bridgehead atoms. The number of nitrogens with two attached hydrogens (primary N) is 1. The van der Waals surface area contributed by atoms with Gasteiger partial charge < -0.3 is 10.7 Å². The molecule has 0 aliphatic carbocycles. The number of hydrogen-bond donors (Lipinski definition) is 3. The Labute approximate surface area is 113 Å². The number of benzene rings is 1. The summed E-state index contributed by atoms with van der Waals surface area (Å²) >= 11 is 5.86. The van der Waals surface area contributed by atoms with Gasteiger partial charge in [-0.15, -0.1) is 0 Å². The second-order valence-corrected chi connectivity index (χ2v) is 4.07. The lowest BCUT2D eigenvalue weighted by Crippen LogP contribution is -2.14. The normalized spacial score (nSPS) is 10.1. The minimum atomic E-state index is -0.441. The van der Waals surface area contributed by atoms with Crippen LogP contribution in [0.2, 0.25) is 5.02 Å². The van der Waals surface area contributed by atoms with Crippen molar-refractivity contribution in [1.82, 2.24) is 4.98 Å². The molecular formula is C12H10ClFN4O. The van der Waals surface area contributed by atoms with Crippen LogP contribution in [-0.4, -0.2) is 10.9 Å². The van der Waals surface area contributed by atoms with Crippen molar-refractivity contribution >= 4 is 29.0 Å². The van der Waals surface area contributed by atoms with Gasteiger partial charge in [0.25, 0.3) is 5.91 Å². The number of rotatable bonds is 3. The van der Waals surface area contributed by atoms with Crippen molar-refractivity contribution < 1.29 is 9.18 Å². The number of carbonyl (C=O) groups is 1. The van der Waals surface area contributed by atoms with E-state index in [0.717, 1.165) is 0 Å². The zero-order valence-corrected chi connectivity index (χ0v) is 10.4. The predicted molar refractivity (Wildman–Crippen MR) is 71.4 cm³/mol. The van der Waals surface area contributed by atoms with Crippen molar-refractivity contribution in [2.24, 2.45) is 5.84 Å². The van der Waals surface area contributed by atoms with E-state index in [-0.39, 0.29) is 16.4 Å². The van der Waals surface area contributed by atoms with E-state index in [1.165, 1.54) is 30.5 Å². The largest absolute Gasteiger partial charge is 0.322 e. The Kier molecular flexibility index (Phi) is 3.94. The van der Waals surface area contributed by atoms with Crippen molar-refractivity contribution in [3.05, 3.63) is 52.9 Å². The van der Waals surface area contributed by atoms with E-state index in [4.69, 9.17) is 17.4 Å². The topological polar surface area (TPSA) is 80.0 Å². The lowest BCUT2D eigenvalue weighted by molar-refractivity contribution is 0.102. The summed E-state index contributed by atoms with van der Waals surface area (Å²) < 4.78 is 13.0. The van der Waals surface area contributed by atoms with Gasteiger partial charge in [0.15, 0.2) is 5.82 Å². The summed E-state index contributed by atoms with van der Waals surface area (Å²) in [4.78, 5) is 15.8. The van der Waals surface area contributed by atoms with Crippen LogP contribution in [0.1, 0.15) is 10.4 Å². The van der Waals surface area contributed by atoms with Gasteiger partial charge in [0.05, 0.1) is 10.6 Å². The molecule has 5 nitrogen and oxygen atoms in total. The Hall–Kier alpha value is -2.18. The first-order valence-corrected chi connectivity index (χ1v) is 5.67. The molecule has 4 N–H and O–H groups in total. The van der Waals surface area contributed by atoms with Gasteiger partial charge >= 0.3 is 0 Å². The molecule has 0 aliphatic rings. The zero-order chi connectivity index (χ0) is 13.8. The number of hydrazine groups is 1. The van der Waals surface area contributed by atoms with Gasteiger partial charge in [0.2, 0.25) is 0 Å². The van der Waals surface area contributed by atoms with E-state index in [0.29, 0.717) is 5.69 Å². The number of anilines is 2. The molecule has 0 atom stereocenters. The van der Waals surface area contributed by atoms with Gasteiger partial charge in [-0.1, -0.05) is 17.7 Å². The number of pyridine rings is 1. The fraction of sp³-hybridized carbons (Fsp3) is 0. The molecule has 2 aromatic rings. The maximum absolute atomic E-state index is 13.0. The van der Waals surface area contributed by atoms with Crippen LogP contribution in [-0.2, 0) is 0 Å². The lowest BCUT2D eigenvalue weighted by atomic mass is 10.2. The second-order valence-electron chi connectivity index (χ2n) is 3.66. The highest BCUT2D eigenvalue weighted by Crippen LogP contribution is 2.19. The van der Waals surface area contributed by atoms with Crippen molar-refractivity contribution in [3.63, 3.8) is 0 Å². The van der Waals surface area contributed by atoms with Gasteiger partial charge in [-0.05, 0) is 24.3 Å². The molecule has 0 saturated carbocycles. The summed E-state index contributed by atoms with van der Waals surface area (Å²) in [6, 6.07) is 6.99. The maximum atomic E-state index is 13.0. The minimum Gasteiger partial charge on any atom is -0.322 e. The fourth-order valence-corrected chi connectivity index (χ4v) is 1.66. The SMILES string of the molecule is NNc1ncc(C(=O)Nc2cccc(F)c2)cc1Cl. The first-order chi connectivity index (χ1) is 9.10. The van der Waals surface area contributed by atoms with Gasteiger partial charge in [-0.2, -0.15) is 0 Å². The highest BCUT2D eigenvalue weighted by molar-refractivity contribution is 6.33. The van der Waals surface area contributed by atoms with Crippen molar-refractivity contribution in [3.8, 4) is 0 Å². The standard InChI is InChI=1S/C12H10ClFN4O/c13-10-4-7(6-16-11(10)18-15)12(19)17-9-3-1-2-8(14)5-9/h1-6H,15H2,(H,16,18)(H,17,19). The zero-order valence-electron chi connectivity index (χ0n) is 9.65. The number of amides is 1. The van der Waals surface area contributed by atoms with Gasteiger partial charge in [0.1, 0.15) is 5.82 Å². The summed E-state index contributed by atoms with van der Waals surface area (Å²) in [5.41, 5.74) is 2.89. The van der Waals surface area contributed by atoms with Crippen LogP contribution in [0, 0.1) is 5.82 Å². The highest BCUT2D eigenvalue weighted by Gasteiger charge is 2.10. The second kappa shape index (κ2) is 5.64. The Balaban J connectivity index is 2.18. The van der Waals surface area contributed by atoms with Crippen LogP contribution in [0.15, 0.2) is 36.5 Å². The predicted octanol–water partition coefficient (Wildman–Crippen LogP) is 2.41. The fourth-order valence-electron chi connectivity index (χ4n) is 1.44. The molecule has 1 amide bonds. The van der Waals surface area contributed by atoms with Crippen LogP contribution in [0.5, 0.6) is 0 Å². The average Bonchev–Trinajstić information content (AvgIpc) is 2.38. The number of hydrogen-bond acceptors (Lipinski definition) is 4. The first kappa shape index (κ1) is 13.3. The monoisotopic (exact) mass is 280 g/mol. The molecule has 0 spiro atoms. The summed E-state index contributed by atoms with van der Waals surface area (Å²) in [6.45, 7) is 0. The summed E-state index contributed by atoms with van der Waals surface area (Å²) in [7, 11) is 0. The van der Waals surface area contributed by atoms with Crippen molar-refractivity contribution in [2.75, 3.05) is 10.7 Å². The Morgan fingerprint density at radius 1 is 1.37 bits per heavy atom. The van der Waals surface area contributed by atoms with Crippen molar-refractivity contribution in [1.29, 1.82) is 0 Å². The molecular weight excluding hydrogens is 271 g/mol. The molecule has 7 heteroatoms. The number of halogens is 2. The summed E-state index contributed by atoms with van der Waals surface area (Å²) in [5.74, 6) is 4.57. The lowest BCUT2D eigenvalue weighted by Gasteiger charge is -2.07. The summed E-state index contributed by atoms with van der Waals surface area (Å²) in [6.07, 6.45) is 1.32. The van der Waals surface area contributed by atoms with E-state index in [1.807, 2.05) is 0 Å². The van der Waals surface area contributed by atoms with E-state index < -0.39 is 11.7 Å². The highest BCUT2D eigenvalue weighted by atomic mass is 35.5. The molecule has 0 fully saturated rings.